The molecule has 1 amide bonds. The minimum atomic E-state index is -0.796. The largest absolute Gasteiger partial charge is 0.389 e. The van der Waals surface area contributed by atoms with Crippen molar-refractivity contribution in [3.05, 3.63) is 71.3 Å². The fourth-order valence-corrected chi connectivity index (χ4v) is 4.42. The summed E-state index contributed by atoms with van der Waals surface area (Å²) in [6.07, 6.45) is 4.67. The van der Waals surface area contributed by atoms with Crippen molar-refractivity contribution in [3.63, 3.8) is 0 Å². The van der Waals surface area contributed by atoms with Gasteiger partial charge in [0.2, 0.25) is 5.91 Å². The molecule has 0 saturated heterocycles. The third-order valence-corrected chi connectivity index (χ3v) is 5.73. The second kappa shape index (κ2) is 6.64. The summed E-state index contributed by atoms with van der Waals surface area (Å²) in [5, 5.41) is 10.7. The van der Waals surface area contributed by atoms with Gasteiger partial charge in [0.25, 0.3) is 0 Å². The highest BCUT2D eigenvalue weighted by Crippen LogP contribution is 2.38. The maximum absolute atomic E-state index is 13.1. The lowest BCUT2D eigenvalue weighted by Gasteiger charge is -2.39. The topological polar surface area (TPSA) is 40.5 Å². The first-order valence-electron chi connectivity index (χ1n) is 9.31. The lowest BCUT2D eigenvalue weighted by Crippen LogP contribution is -2.43. The summed E-state index contributed by atoms with van der Waals surface area (Å²) in [6, 6.07) is 18.6. The first-order chi connectivity index (χ1) is 12.2. The van der Waals surface area contributed by atoms with Gasteiger partial charge >= 0.3 is 0 Å². The number of benzene rings is 2. The molecule has 0 spiro atoms. The normalized spacial score (nSPS) is 21.8. The Balaban J connectivity index is 1.67. The van der Waals surface area contributed by atoms with Crippen LogP contribution in [0.1, 0.15) is 54.8 Å². The minimum absolute atomic E-state index is 0.0522. The van der Waals surface area contributed by atoms with Crippen LogP contribution < -0.4 is 0 Å². The van der Waals surface area contributed by atoms with Gasteiger partial charge in [0, 0.05) is 6.54 Å². The molecule has 4 rings (SSSR count). The van der Waals surface area contributed by atoms with Gasteiger partial charge in [-0.2, -0.15) is 0 Å². The Kier molecular flexibility index (Phi) is 4.34. The summed E-state index contributed by atoms with van der Waals surface area (Å²) < 4.78 is 0. The van der Waals surface area contributed by atoms with E-state index in [4.69, 9.17) is 0 Å². The van der Waals surface area contributed by atoms with Crippen molar-refractivity contribution in [1.29, 1.82) is 0 Å². The van der Waals surface area contributed by atoms with Crippen LogP contribution in [0.3, 0.4) is 0 Å². The Hall–Kier alpha value is -2.13. The average Bonchev–Trinajstić information content (AvgIpc) is 3.07. The molecule has 1 fully saturated rings. The van der Waals surface area contributed by atoms with E-state index < -0.39 is 5.60 Å². The molecule has 3 heteroatoms. The Labute approximate surface area is 149 Å². The zero-order valence-corrected chi connectivity index (χ0v) is 14.5. The quantitative estimate of drug-likeness (QED) is 0.925. The second-order valence-corrected chi connectivity index (χ2v) is 7.46. The number of fused-ring (bicyclic) bond motifs is 1. The molecular weight excluding hydrogens is 310 g/mol. The number of hydrogen-bond donors (Lipinski definition) is 1. The van der Waals surface area contributed by atoms with Gasteiger partial charge in [0.05, 0.1) is 18.1 Å². The van der Waals surface area contributed by atoms with E-state index in [0.29, 0.717) is 6.54 Å². The van der Waals surface area contributed by atoms with Crippen LogP contribution in [0.15, 0.2) is 54.6 Å². The number of aliphatic hydroxyl groups is 1. The van der Waals surface area contributed by atoms with Crippen LogP contribution in [0.25, 0.3) is 0 Å². The molecule has 130 valence electrons. The predicted molar refractivity (Wildman–Crippen MR) is 98.2 cm³/mol. The van der Waals surface area contributed by atoms with E-state index in [2.05, 4.69) is 30.3 Å². The third kappa shape index (κ3) is 3.21. The van der Waals surface area contributed by atoms with E-state index >= 15 is 0 Å². The van der Waals surface area contributed by atoms with Crippen molar-refractivity contribution in [2.45, 2.75) is 50.2 Å². The fraction of sp³-hybridized carbons (Fsp3) is 0.409. The highest BCUT2D eigenvalue weighted by molar-refractivity contribution is 5.79. The molecule has 3 nitrogen and oxygen atoms in total. The van der Waals surface area contributed by atoms with Gasteiger partial charge in [-0.1, -0.05) is 67.4 Å². The van der Waals surface area contributed by atoms with E-state index in [0.717, 1.165) is 37.7 Å². The molecule has 2 aliphatic rings. The number of nitrogens with zero attached hydrogens (tertiary/aromatic N) is 1. The van der Waals surface area contributed by atoms with Crippen molar-refractivity contribution < 1.29 is 9.90 Å². The zero-order valence-electron chi connectivity index (χ0n) is 14.5. The van der Waals surface area contributed by atoms with Gasteiger partial charge < -0.3 is 10.0 Å². The van der Waals surface area contributed by atoms with Gasteiger partial charge in [-0.05, 0) is 36.0 Å². The monoisotopic (exact) mass is 335 g/mol. The van der Waals surface area contributed by atoms with Crippen LogP contribution in [-0.2, 0) is 11.2 Å². The highest BCUT2D eigenvalue weighted by atomic mass is 16.3. The summed E-state index contributed by atoms with van der Waals surface area (Å²) in [6.45, 7) is 0.714. The molecule has 0 bridgehead atoms. The molecule has 2 aromatic carbocycles. The predicted octanol–water partition coefficient (Wildman–Crippen LogP) is 3.86. The summed E-state index contributed by atoms with van der Waals surface area (Å²) in [5.41, 5.74) is 2.88. The summed E-state index contributed by atoms with van der Waals surface area (Å²) in [4.78, 5) is 15.1. The van der Waals surface area contributed by atoms with E-state index in [-0.39, 0.29) is 18.4 Å². The Morgan fingerprint density at radius 1 is 1.04 bits per heavy atom. The van der Waals surface area contributed by atoms with Gasteiger partial charge in [-0.3, -0.25) is 4.79 Å². The summed E-state index contributed by atoms with van der Waals surface area (Å²) >= 11 is 0. The van der Waals surface area contributed by atoms with Crippen LogP contribution >= 0.6 is 0 Å². The maximum atomic E-state index is 13.1. The van der Waals surface area contributed by atoms with Crippen molar-refractivity contribution >= 4 is 5.91 Å². The lowest BCUT2D eigenvalue weighted by molar-refractivity contribution is -0.138. The molecule has 25 heavy (non-hydrogen) atoms. The van der Waals surface area contributed by atoms with E-state index in [9.17, 15) is 9.90 Å². The Morgan fingerprint density at radius 2 is 1.72 bits per heavy atom. The van der Waals surface area contributed by atoms with Crippen LogP contribution in [0.5, 0.6) is 0 Å². The lowest BCUT2D eigenvalue weighted by atomic mass is 9.87. The van der Waals surface area contributed by atoms with Crippen molar-refractivity contribution in [3.8, 4) is 0 Å². The third-order valence-electron chi connectivity index (χ3n) is 5.73. The summed E-state index contributed by atoms with van der Waals surface area (Å²) in [5.74, 6) is 0.0766. The van der Waals surface area contributed by atoms with Crippen molar-refractivity contribution in [1.82, 2.24) is 4.90 Å². The smallest absolute Gasteiger partial charge is 0.226 e. The first kappa shape index (κ1) is 16.3. The standard InChI is InChI=1S/C22H25NO2/c24-20(16-22(25)13-6-7-14-22)23-15-12-17-8-4-5-11-19(17)21(23)18-9-2-1-3-10-18/h1-5,8-11,21,25H,6-7,12-16H2/t21-/m1/s1. The minimum Gasteiger partial charge on any atom is -0.389 e. The molecule has 0 aromatic heterocycles. The summed E-state index contributed by atoms with van der Waals surface area (Å²) in [7, 11) is 0. The van der Waals surface area contributed by atoms with Crippen LogP contribution in [0.4, 0.5) is 0 Å². The second-order valence-electron chi connectivity index (χ2n) is 7.46. The molecule has 1 aliphatic carbocycles. The van der Waals surface area contributed by atoms with Crippen molar-refractivity contribution in [2.75, 3.05) is 6.54 Å². The molecular formula is C22H25NO2. The fourth-order valence-electron chi connectivity index (χ4n) is 4.42. The SMILES string of the molecule is O=C(CC1(O)CCCC1)N1CCc2ccccc2[C@H]1c1ccccc1. The van der Waals surface area contributed by atoms with Gasteiger partial charge in [0.15, 0.2) is 0 Å². The molecule has 0 unspecified atom stereocenters. The van der Waals surface area contributed by atoms with Gasteiger partial charge in [0.1, 0.15) is 0 Å². The first-order valence-corrected chi connectivity index (χ1v) is 9.31. The average molecular weight is 335 g/mol. The van der Waals surface area contributed by atoms with Crippen molar-refractivity contribution in [2.24, 2.45) is 0 Å². The van der Waals surface area contributed by atoms with E-state index in [1.165, 1.54) is 11.1 Å². The number of carbonyl (C=O) groups is 1. The molecule has 1 saturated carbocycles. The Bertz CT molecular complexity index is 750. The molecule has 1 atom stereocenters. The van der Waals surface area contributed by atoms with E-state index in [1.54, 1.807) is 0 Å². The number of rotatable bonds is 3. The maximum Gasteiger partial charge on any atom is 0.226 e. The number of carbonyl (C=O) groups excluding carboxylic acids is 1. The molecule has 1 N–H and O–H groups in total. The molecule has 2 aromatic rings. The van der Waals surface area contributed by atoms with Crippen LogP contribution in [-0.4, -0.2) is 28.1 Å². The van der Waals surface area contributed by atoms with E-state index in [1.807, 2.05) is 29.2 Å². The molecule has 0 radical (unpaired) electrons. The van der Waals surface area contributed by atoms with Crippen LogP contribution in [0, 0.1) is 0 Å². The number of hydrogen-bond acceptors (Lipinski definition) is 2. The molecule has 1 aliphatic heterocycles. The highest BCUT2D eigenvalue weighted by Gasteiger charge is 2.38. The molecule has 1 heterocycles. The zero-order chi connectivity index (χ0) is 17.3. The number of amides is 1. The van der Waals surface area contributed by atoms with Crippen LogP contribution in [0.2, 0.25) is 0 Å². The van der Waals surface area contributed by atoms with Gasteiger partial charge in [-0.25, -0.2) is 0 Å². The Morgan fingerprint density at radius 3 is 2.48 bits per heavy atom. The van der Waals surface area contributed by atoms with Gasteiger partial charge in [-0.15, -0.1) is 0 Å².